The normalized spacial score (nSPS) is 10.3. The molecule has 1 amide bonds. The zero-order valence-electron chi connectivity index (χ0n) is 13.7. The predicted molar refractivity (Wildman–Crippen MR) is 101 cm³/mol. The van der Waals surface area contributed by atoms with E-state index in [2.05, 4.69) is 39.7 Å². The molecule has 6 heteroatoms. The molecule has 0 unspecified atom stereocenters. The van der Waals surface area contributed by atoms with Crippen LogP contribution in [0.5, 0.6) is 0 Å². The Kier molecular flexibility index (Phi) is 5.26. The van der Waals surface area contributed by atoms with Gasteiger partial charge in [-0.15, -0.1) is 0 Å². The minimum absolute atomic E-state index is 0.266. The maximum atomic E-state index is 12.3. The van der Waals surface area contributed by atoms with Crippen LogP contribution in [0.4, 0.5) is 17.2 Å². The second-order valence-corrected chi connectivity index (χ2v) is 5.86. The van der Waals surface area contributed by atoms with Crippen LogP contribution in [0, 0.1) is 0 Å². The Labute approximate surface area is 151 Å². The molecule has 0 atom stereocenters. The molecule has 2 aromatic carbocycles. The van der Waals surface area contributed by atoms with E-state index in [1.54, 1.807) is 30.3 Å². The van der Waals surface area contributed by atoms with Crippen molar-refractivity contribution in [2.45, 2.75) is 13.3 Å². The van der Waals surface area contributed by atoms with E-state index < -0.39 is 0 Å². The van der Waals surface area contributed by atoms with Gasteiger partial charge in [-0.2, -0.15) is 0 Å². The van der Waals surface area contributed by atoms with E-state index in [1.807, 2.05) is 12.1 Å². The molecule has 1 heterocycles. The summed E-state index contributed by atoms with van der Waals surface area (Å²) in [6.07, 6.45) is 2.34. The van der Waals surface area contributed by atoms with Crippen molar-refractivity contribution >= 4 is 34.7 Å². The standard InChI is InChI=1S/C19H17ClN4O/c1-2-13-6-8-15(9-7-13)23-18-11-17(21-12-22-18)19(25)24-16-5-3-4-14(20)10-16/h3-12H,2H2,1H3,(H,24,25)(H,21,22,23). The summed E-state index contributed by atoms with van der Waals surface area (Å²) in [5.74, 6) is 0.226. The highest BCUT2D eigenvalue weighted by Crippen LogP contribution is 2.18. The third-order valence-electron chi connectivity index (χ3n) is 3.62. The van der Waals surface area contributed by atoms with Crippen molar-refractivity contribution in [1.29, 1.82) is 0 Å². The molecule has 0 radical (unpaired) electrons. The highest BCUT2D eigenvalue weighted by molar-refractivity contribution is 6.30. The summed E-state index contributed by atoms with van der Waals surface area (Å²) < 4.78 is 0. The van der Waals surface area contributed by atoms with Crippen LogP contribution < -0.4 is 10.6 Å². The van der Waals surface area contributed by atoms with Crippen molar-refractivity contribution < 1.29 is 4.79 Å². The Morgan fingerprint density at radius 2 is 1.84 bits per heavy atom. The van der Waals surface area contributed by atoms with Crippen LogP contribution in [0.2, 0.25) is 5.02 Å². The number of halogens is 1. The second kappa shape index (κ2) is 7.77. The van der Waals surface area contributed by atoms with Crippen molar-refractivity contribution in [2.24, 2.45) is 0 Å². The van der Waals surface area contributed by atoms with Gasteiger partial charge in [0.05, 0.1) is 0 Å². The second-order valence-electron chi connectivity index (χ2n) is 5.43. The molecular formula is C19H17ClN4O. The molecule has 5 nitrogen and oxygen atoms in total. The van der Waals surface area contributed by atoms with E-state index in [4.69, 9.17) is 11.6 Å². The third-order valence-corrected chi connectivity index (χ3v) is 3.85. The molecule has 0 fully saturated rings. The van der Waals surface area contributed by atoms with Crippen LogP contribution in [0.3, 0.4) is 0 Å². The lowest BCUT2D eigenvalue weighted by Gasteiger charge is -2.08. The Morgan fingerprint density at radius 3 is 2.56 bits per heavy atom. The first-order valence-electron chi connectivity index (χ1n) is 7.89. The number of aryl methyl sites for hydroxylation is 1. The molecule has 0 aliphatic carbocycles. The fourth-order valence-electron chi connectivity index (χ4n) is 2.28. The molecule has 0 saturated carbocycles. The van der Waals surface area contributed by atoms with Gasteiger partial charge in [0.1, 0.15) is 17.8 Å². The third kappa shape index (κ3) is 4.55. The molecule has 1 aromatic heterocycles. The van der Waals surface area contributed by atoms with E-state index in [-0.39, 0.29) is 11.6 Å². The molecule has 2 N–H and O–H groups in total. The summed E-state index contributed by atoms with van der Waals surface area (Å²) in [5.41, 5.74) is 3.04. The quantitative estimate of drug-likeness (QED) is 0.699. The minimum atomic E-state index is -0.325. The van der Waals surface area contributed by atoms with Crippen molar-refractivity contribution in [2.75, 3.05) is 10.6 Å². The number of anilines is 3. The van der Waals surface area contributed by atoms with Gasteiger partial charge >= 0.3 is 0 Å². The molecule has 3 rings (SSSR count). The lowest BCUT2D eigenvalue weighted by molar-refractivity contribution is 0.102. The number of aromatic nitrogens is 2. The lowest BCUT2D eigenvalue weighted by Crippen LogP contribution is -2.14. The molecule has 0 spiro atoms. The number of amides is 1. The zero-order valence-corrected chi connectivity index (χ0v) is 14.4. The Bertz CT molecular complexity index is 881. The Hall–Kier alpha value is -2.92. The van der Waals surface area contributed by atoms with Crippen molar-refractivity contribution in [3.8, 4) is 0 Å². The molecule has 0 bridgehead atoms. The van der Waals surface area contributed by atoms with Crippen LogP contribution >= 0.6 is 11.6 Å². The van der Waals surface area contributed by atoms with E-state index in [0.717, 1.165) is 12.1 Å². The Balaban J connectivity index is 1.72. The van der Waals surface area contributed by atoms with Crippen LogP contribution in [-0.2, 0) is 6.42 Å². The van der Waals surface area contributed by atoms with Gasteiger partial charge in [-0.05, 0) is 42.3 Å². The van der Waals surface area contributed by atoms with Crippen molar-refractivity contribution in [1.82, 2.24) is 9.97 Å². The van der Waals surface area contributed by atoms with Gasteiger partial charge in [0.2, 0.25) is 0 Å². The number of carbonyl (C=O) groups excluding carboxylic acids is 1. The molecule has 3 aromatic rings. The summed E-state index contributed by atoms with van der Waals surface area (Å²) in [6.45, 7) is 2.11. The first-order chi connectivity index (χ1) is 12.1. The minimum Gasteiger partial charge on any atom is -0.340 e. The topological polar surface area (TPSA) is 66.9 Å². The number of carbonyl (C=O) groups is 1. The zero-order chi connectivity index (χ0) is 17.6. The SMILES string of the molecule is CCc1ccc(Nc2cc(C(=O)Nc3cccc(Cl)c3)ncn2)cc1. The summed E-state index contributed by atoms with van der Waals surface area (Å²) in [4.78, 5) is 20.5. The monoisotopic (exact) mass is 352 g/mol. The number of nitrogens with zero attached hydrogens (tertiary/aromatic N) is 2. The van der Waals surface area contributed by atoms with Gasteiger partial charge in [-0.25, -0.2) is 9.97 Å². The molecule has 25 heavy (non-hydrogen) atoms. The van der Waals surface area contributed by atoms with Gasteiger partial charge in [-0.3, -0.25) is 4.79 Å². The van der Waals surface area contributed by atoms with Gasteiger partial charge in [0.25, 0.3) is 5.91 Å². The summed E-state index contributed by atoms with van der Waals surface area (Å²) >= 11 is 5.92. The van der Waals surface area contributed by atoms with Gasteiger partial charge in [-0.1, -0.05) is 36.7 Å². The predicted octanol–water partition coefficient (Wildman–Crippen LogP) is 4.69. The van der Waals surface area contributed by atoms with Gasteiger partial charge in [0.15, 0.2) is 0 Å². The molecule has 0 aliphatic heterocycles. The van der Waals surface area contributed by atoms with E-state index in [0.29, 0.717) is 16.5 Å². The number of hydrogen-bond donors (Lipinski definition) is 2. The Morgan fingerprint density at radius 1 is 1.04 bits per heavy atom. The number of hydrogen-bond acceptors (Lipinski definition) is 4. The molecule has 0 aliphatic rings. The van der Waals surface area contributed by atoms with E-state index in [1.165, 1.54) is 11.9 Å². The fourth-order valence-corrected chi connectivity index (χ4v) is 2.47. The van der Waals surface area contributed by atoms with Gasteiger partial charge in [0, 0.05) is 22.5 Å². The van der Waals surface area contributed by atoms with Gasteiger partial charge < -0.3 is 10.6 Å². The summed E-state index contributed by atoms with van der Waals surface area (Å²) in [6, 6.07) is 16.6. The largest absolute Gasteiger partial charge is 0.340 e. The highest BCUT2D eigenvalue weighted by atomic mass is 35.5. The highest BCUT2D eigenvalue weighted by Gasteiger charge is 2.09. The average molecular weight is 353 g/mol. The number of rotatable bonds is 5. The van der Waals surface area contributed by atoms with Crippen molar-refractivity contribution in [3.63, 3.8) is 0 Å². The van der Waals surface area contributed by atoms with Crippen molar-refractivity contribution in [3.05, 3.63) is 77.2 Å². The molecule has 126 valence electrons. The van der Waals surface area contributed by atoms with Crippen LogP contribution in [0.25, 0.3) is 0 Å². The first kappa shape index (κ1) is 16.9. The maximum absolute atomic E-state index is 12.3. The first-order valence-corrected chi connectivity index (χ1v) is 8.27. The van der Waals surface area contributed by atoms with E-state index >= 15 is 0 Å². The molecule has 0 saturated heterocycles. The number of nitrogens with one attached hydrogen (secondary N) is 2. The summed E-state index contributed by atoms with van der Waals surface area (Å²) in [7, 11) is 0. The smallest absolute Gasteiger partial charge is 0.274 e. The lowest BCUT2D eigenvalue weighted by atomic mass is 10.1. The van der Waals surface area contributed by atoms with Crippen LogP contribution in [0.15, 0.2) is 60.9 Å². The number of benzene rings is 2. The fraction of sp³-hybridized carbons (Fsp3) is 0.105. The summed E-state index contributed by atoms with van der Waals surface area (Å²) in [5, 5.41) is 6.49. The van der Waals surface area contributed by atoms with Crippen LogP contribution in [0.1, 0.15) is 23.0 Å². The molecular weight excluding hydrogens is 336 g/mol. The average Bonchev–Trinajstić information content (AvgIpc) is 2.62. The van der Waals surface area contributed by atoms with E-state index in [9.17, 15) is 4.79 Å². The van der Waals surface area contributed by atoms with Crippen LogP contribution in [-0.4, -0.2) is 15.9 Å². The maximum Gasteiger partial charge on any atom is 0.274 e.